The Morgan fingerprint density at radius 3 is 1.32 bits per heavy atom. The van der Waals surface area contributed by atoms with E-state index < -0.39 is 0 Å². The molecular formula is C31H61NO2. The molecule has 0 fully saturated rings. The maximum atomic E-state index is 11.3. The number of Topliss-reactive ketones (excluding diaryl/α,β-unsaturated/α-hetero) is 2. The third-order valence-corrected chi connectivity index (χ3v) is 3.33. The van der Waals surface area contributed by atoms with E-state index in [2.05, 4.69) is 46.5 Å². The summed E-state index contributed by atoms with van der Waals surface area (Å²) in [4.78, 5) is 25.1. The summed E-state index contributed by atoms with van der Waals surface area (Å²) in [5.74, 6) is 0.230. The van der Waals surface area contributed by atoms with Gasteiger partial charge in [-0.2, -0.15) is 0 Å². The zero-order valence-corrected chi connectivity index (χ0v) is 25.7. The van der Waals surface area contributed by atoms with Gasteiger partial charge < -0.3 is 4.79 Å². The van der Waals surface area contributed by atoms with Crippen LogP contribution in [0.15, 0.2) is 23.2 Å². The fourth-order valence-electron chi connectivity index (χ4n) is 2.12. The predicted octanol–water partition coefficient (Wildman–Crippen LogP) is 11.1. The van der Waals surface area contributed by atoms with E-state index >= 15 is 0 Å². The van der Waals surface area contributed by atoms with Gasteiger partial charge in [0.05, 0.1) is 5.69 Å². The van der Waals surface area contributed by atoms with E-state index in [9.17, 15) is 9.59 Å². The molecule has 0 aliphatic heterocycles. The number of nitrogens with zero attached hydrogens (tertiary/aromatic N) is 1. The SMILES string of the molecule is CC.CC(=O)c1cc(C)ccc1N=C(C)C.CC(C)=O.CCC.CCC.CCCCCCCC. The van der Waals surface area contributed by atoms with Crippen LogP contribution in [0.2, 0.25) is 0 Å². The van der Waals surface area contributed by atoms with Gasteiger partial charge in [-0.15, -0.1) is 0 Å². The molecule has 0 saturated carbocycles. The number of carbonyl (C=O) groups excluding carboxylic acids is 2. The third kappa shape index (κ3) is 44.0. The van der Waals surface area contributed by atoms with Gasteiger partial charge in [0.15, 0.2) is 5.78 Å². The van der Waals surface area contributed by atoms with E-state index in [1.165, 1.54) is 65.2 Å². The van der Waals surface area contributed by atoms with E-state index in [-0.39, 0.29) is 11.6 Å². The molecule has 0 bridgehead atoms. The number of ketones is 2. The highest BCUT2D eigenvalue weighted by Crippen LogP contribution is 2.21. The highest BCUT2D eigenvalue weighted by Gasteiger charge is 2.05. The monoisotopic (exact) mass is 479 g/mol. The van der Waals surface area contributed by atoms with Gasteiger partial charge in [0.25, 0.3) is 0 Å². The standard InChI is InChI=1S/C12H15NO.C8H18.C3H6O.2C3H8.C2H6/c1-8(2)13-12-6-5-9(3)7-11(12)10(4)14;1-3-5-7-8-6-4-2;1-3(2)4;2*1-3-2;1-2/h5-7H,1-4H3;3-8H2,1-2H3;1-2H3;2*3H2,1-2H3;1-2H3. The Hall–Kier alpha value is -1.77. The van der Waals surface area contributed by atoms with Gasteiger partial charge in [-0.05, 0) is 53.7 Å². The molecule has 3 nitrogen and oxygen atoms in total. The first-order valence-electron chi connectivity index (χ1n) is 13.6. The fourth-order valence-corrected chi connectivity index (χ4v) is 2.12. The minimum Gasteiger partial charge on any atom is -0.300 e. The van der Waals surface area contributed by atoms with Crippen LogP contribution in [0.1, 0.15) is 157 Å². The summed E-state index contributed by atoms with van der Waals surface area (Å²) < 4.78 is 0. The van der Waals surface area contributed by atoms with Crippen molar-refractivity contribution in [1.82, 2.24) is 0 Å². The van der Waals surface area contributed by atoms with Gasteiger partial charge in [0, 0.05) is 11.3 Å². The van der Waals surface area contributed by atoms with E-state index in [0.717, 1.165) is 17.0 Å². The molecule has 34 heavy (non-hydrogen) atoms. The summed E-state index contributed by atoms with van der Waals surface area (Å²) >= 11 is 0. The van der Waals surface area contributed by atoms with Crippen LogP contribution in [-0.4, -0.2) is 17.3 Å². The predicted molar refractivity (Wildman–Crippen MR) is 158 cm³/mol. The highest BCUT2D eigenvalue weighted by atomic mass is 16.1. The summed E-state index contributed by atoms with van der Waals surface area (Å²) in [5.41, 5.74) is 3.51. The Labute approximate surface area is 215 Å². The lowest BCUT2D eigenvalue weighted by atomic mass is 10.1. The fraction of sp³-hybridized carbons (Fsp3) is 0.710. The van der Waals surface area contributed by atoms with Gasteiger partial charge in [0.2, 0.25) is 0 Å². The number of hydrogen-bond donors (Lipinski definition) is 0. The molecule has 1 rings (SSSR count). The first-order chi connectivity index (χ1) is 16.0. The minimum absolute atomic E-state index is 0.0636. The van der Waals surface area contributed by atoms with Crippen molar-refractivity contribution in [1.29, 1.82) is 0 Å². The molecule has 1 aromatic rings. The van der Waals surface area contributed by atoms with Gasteiger partial charge in [-0.3, -0.25) is 9.79 Å². The Balaban J connectivity index is -0.000000119. The molecule has 0 N–H and O–H groups in total. The summed E-state index contributed by atoms with van der Waals surface area (Å²) in [6.07, 6.45) is 11.0. The lowest BCUT2D eigenvalue weighted by Crippen LogP contribution is -1.94. The molecule has 0 saturated heterocycles. The average Bonchev–Trinajstić information content (AvgIpc) is 2.75. The van der Waals surface area contributed by atoms with Gasteiger partial charge in [-0.1, -0.05) is 118 Å². The molecule has 0 aliphatic rings. The topological polar surface area (TPSA) is 46.5 Å². The van der Waals surface area contributed by atoms with Crippen molar-refractivity contribution in [2.75, 3.05) is 0 Å². The summed E-state index contributed by atoms with van der Waals surface area (Å²) in [6, 6.07) is 5.73. The molecule has 1 aromatic carbocycles. The second-order valence-electron chi connectivity index (χ2n) is 8.37. The minimum atomic E-state index is 0.0636. The van der Waals surface area contributed by atoms with Crippen molar-refractivity contribution in [3.8, 4) is 0 Å². The number of rotatable bonds is 7. The Bertz CT molecular complexity index is 573. The number of aryl methyl sites for hydroxylation is 1. The zero-order valence-electron chi connectivity index (χ0n) is 25.7. The van der Waals surface area contributed by atoms with Crippen molar-refractivity contribution >= 4 is 23.0 Å². The van der Waals surface area contributed by atoms with Crippen molar-refractivity contribution in [3.63, 3.8) is 0 Å². The Morgan fingerprint density at radius 1 is 0.706 bits per heavy atom. The molecule has 202 valence electrons. The van der Waals surface area contributed by atoms with Crippen molar-refractivity contribution in [2.45, 2.75) is 148 Å². The highest BCUT2D eigenvalue weighted by molar-refractivity contribution is 6.00. The van der Waals surface area contributed by atoms with Crippen LogP contribution in [0.5, 0.6) is 0 Å². The van der Waals surface area contributed by atoms with E-state index in [0.29, 0.717) is 5.56 Å². The van der Waals surface area contributed by atoms with Crippen molar-refractivity contribution < 1.29 is 9.59 Å². The molecule has 0 aliphatic carbocycles. The smallest absolute Gasteiger partial charge is 0.161 e. The molecule has 3 heteroatoms. The number of carbonyl (C=O) groups is 2. The lowest BCUT2D eigenvalue weighted by molar-refractivity contribution is -0.115. The molecule has 0 radical (unpaired) electrons. The average molecular weight is 480 g/mol. The van der Waals surface area contributed by atoms with Crippen LogP contribution in [-0.2, 0) is 4.79 Å². The Kier molecular flexibility index (Phi) is 44.7. The first-order valence-corrected chi connectivity index (χ1v) is 13.6. The quantitative estimate of drug-likeness (QED) is 0.222. The van der Waals surface area contributed by atoms with Gasteiger partial charge in [-0.25, -0.2) is 0 Å². The maximum Gasteiger partial charge on any atom is 0.161 e. The molecule has 0 amide bonds. The molecular weight excluding hydrogens is 418 g/mol. The van der Waals surface area contributed by atoms with Crippen LogP contribution >= 0.6 is 0 Å². The van der Waals surface area contributed by atoms with E-state index in [1.54, 1.807) is 6.92 Å². The second-order valence-corrected chi connectivity index (χ2v) is 8.37. The first kappa shape index (κ1) is 42.4. The van der Waals surface area contributed by atoms with E-state index in [1.807, 2.05) is 52.8 Å². The van der Waals surface area contributed by atoms with Crippen LogP contribution in [0, 0.1) is 6.92 Å². The normalized spacial score (nSPS) is 8.29. The van der Waals surface area contributed by atoms with Crippen molar-refractivity contribution in [2.24, 2.45) is 4.99 Å². The van der Waals surface area contributed by atoms with Crippen molar-refractivity contribution in [3.05, 3.63) is 29.3 Å². The third-order valence-electron chi connectivity index (χ3n) is 3.33. The summed E-state index contributed by atoms with van der Waals surface area (Å²) in [7, 11) is 0. The summed E-state index contributed by atoms with van der Waals surface area (Å²) in [6.45, 7) is 27.4. The molecule has 0 spiro atoms. The second kappa shape index (κ2) is 35.8. The van der Waals surface area contributed by atoms with Crippen LogP contribution in [0.3, 0.4) is 0 Å². The number of benzene rings is 1. The molecule has 0 atom stereocenters. The van der Waals surface area contributed by atoms with Crippen LogP contribution < -0.4 is 0 Å². The molecule has 0 aromatic heterocycles. The van der Waals surface area contributed by atoms with Crippen LogP contribution in [0.4, 0.5) is 5.69 Å². The van der Waals surface area contributed by atoms with Gasteiger partial charge >= 0.3 is 0 Å². The summed E-state index contributed by atoms with van der Waals surface area (Å²) in [5, 5.41) is 0. The lowest BCUT2D eigenvalue weighted by Gasteiger charge is -2.03. The molecule has 0 unspecified atom stereocenters. The van der Waals surface area contributed by atoms with Crippen LogP contribution in [0.25, 0.3) is 0 Å². The Morgan fingerprint density at radius 2 is 1.06 bits per heavy atom. The van der Waals surface area contributed by atoms with E-state index in [4.69, 9.17) is 0 Å². The maximum absolute atomic E-state index is 11.3. The molecule has 0 heterocycles. The zero-order chi connectivity index (χ0) is 27.9. The number of hydrogen-bond acceptors (Lipinski definition) is 3. The number of unbranched alkanes of at least 4 members (excludes halogenated alkanes) is 5. The number of aliphatic imine (C=N–C) groups is 1. The van der Waals surface area contributed by atoms with Gasteiger partial charge in [0.1, 0.15) is 5.78 Å². The largest absolute Gasteiger partial charge is 0.300 e.